The van der Waals surface area contributed by atoms with Crippen molar-refractivity contribution in [3.63, 3.8) is 0 Å². The molecule has 1 aromatic rings. The van der Waals surface area contributed by atoms with Crippen LogP contribution in [0.3, 0.4) is 0 Å². The first-order valence-corrected chi connectivity index (χ1v) is 6.10. The van der Waals surface area contributed by atoms with E-state index in [-0.39, 0.29) is 5.54 Å². The lowest BCUT2D eigenvalue weighted by Gasteiger charge is -2.35. The van der Waals surface area contributed by atoms with Gasteiger partial charge in [-0.2, -0.15) is 0 Å². The fraction of sp³-hybridized carbons (Fsp3) is 0.636. The van der Waals surface area contributed by atoms with Crippen LogP contribution < -0.4 is 4.90 Å². The van der Waals surface area contributed by atoms with Crippen LogP contribution in [-0.2, 0) is 0 Å². The number of hydrogen-bond acceptors (Lipinski definition) is 3. The zero-order valence-corrected chi connectivity index (χ0v) is 11.6. The Kier molecular flexibility index (Phi) is 3.71. The molecule has 1 heterocycles. The van der Waals surface area contributed by atoms with Gasteiger partial charge in [-0.15, -0.1) is 0 Å². The maximum Gasteiger partial charge on any atom is 0.150 e. The van der Waals surface area contributed by atoms with Gasteiger partial charge in [0.2, 0.25) is 0 Å². The molecule has 0 fully saturated rings. The predicted molar refractivity (Wildman–Crippen MR) is 67.8 cm³/mol. The number of rotatable bonds is 3. The second-order valence-electron chi connectivity index (χ2n) is 4.43. The van der Waals surface area contributed by atoms with E-state index in [4.69, 9.17) is 0 Å². The van der Waals surface area contributed by atoms with Crippen molar-refractivity contribution in [1.29, 1.82) is 0 Å². The smallest absolute Gasteiger partial charge is 0.150 e. The van der Waals surface area contributed by atoms with Crippen LogP contribution in [-0.4, -0.2) is 27.9 Å². The first-order valence-electron chi connectivity index (χ1n) is 4.98. The Morgan fingerprint density at radius 3 is 2.53 bits per heavy atom. The van der Waals surface area contributed by atoms with E-state index in [2.05, 4.69) is 51.7 Å². The van der Waals surface area contributed by atoms with E-state index in [1.54, 1.807) is 6.20 Å². The van der Waals surface area contributed by atoms with Gasteiger partial charge in [-0.3, -0.25) is 4.98 Å². The molecule has 0 N–H and O–H groups in total. The molecule has 0 radical (unpaired) electrons. The molecule has 0 unspecified atom stereocenters. The molecule has 15 heavy (non-hydrogen) atoms. The summed E-state index contributed by atoms with van der Waals surface area (Å²) < 4.78 is 0. The lowest BCUT2D eigenvalue weighted by molar-refractivity contribution is 0.544. The third-order valence-electron chi connectivity index (χ3n) is 2.60. The van der Waals surface area contributed by atoms with Crippen molar-refractivity contribution in [3.8, 4) is 0 Å². The Balaban J connectivity index is 3.10. The average molecular weight is 272 g/mol. The quantitative estimate of drug-likeness (QED) is 0.792. The van der Waals surface area contributed by atoms with Gasteiger partial charge in [-0.25, -0.2) is 4.98 Å². The molecule has 0 spiro atoms. The standard InChI is InChI=1S/C11H18BrN3/c1-8-6-13-9(2)10(14-8)15(5)11(3,4)7-12/h6H,7H2,1-5H3. The summed E-state index contributed by atoms with van der Waals surface area (Å²) in [5.74, 6) is 0.958. The van der Waals surface area contributed by atoms with E-state index in [0.29, 0.717) is 0 Å². The Bertz CT molecular complexity index is 350. The average Bonchev–Trinajstić information content (AvgIpc) is 2.20. The first kappa shape index (κ1) is 12.4. The van der Waals surface area contributed by atoms with Crippen molar-refractivity contribution in [1.82, 2.24) is 9.97 Å². The zero-order valence-electron chi connectivity index (χ0n) is 10.0. The molecular formula is C11H18BrN3. The van der Waals surface area contributed by atoms with E-state index < -0.39 is 0 Å². The number of aromatic nitrogens is 2. The first-order chi connectivity index (χ1) is 6.88. The summed E-state index contributed by atoms with van der Waals surface area (Å²) in [6.45, 7) is 8.30. The van der Waals surface area contributed by atoms with Crippen molar-refractivity contribution in [2.45, 2.75) is 33.2 Å². The van der Waals surface area contributed by atoms with E-state index >= 15 is 0 Å². The fourth-order valence-electron chi connectivity index (χ4n) is 1.22. The van der Waals surface area contributed by atoms with E-state index in [0.717, 1.165) is 22.5 Å². The van der Waals surface area contributed by atoms with Crippen molar-refractivity contribution in [2.75, 3.05) is 17.3 Å². The van der Waals surface area contributed by atoms with Gasteiger partial charge in [0.25, 0.3) is 0 Å². The van der Waals surface area contributed by atoms with Crippen molar-refractivity contribution < 1.29 is 0 Å². The lowest BCUT2D eigenvalue weighted by Crippen LogP contribution is -2.43. The lowest BCUT2D eigenvalue weighted by atomic mass is 10.1. The van der Waals surface area contributed by atoms with Gasteiger partial charge in [0.05, 0.1) is 11.4 Å². The SMILES string of the molecule is Cc1cnc(C)c(N(C)C(C)(C)CBr)n1. The second-order valence-corrected chi connectivity index (χ2v) is 4.99. The van der Waals surface area contributed by atoms with Crippen LogP contribution in [0.1, 0.15) is 25.2 Å². The summed E-state index contributed by atoms with van der Waals surface area (Å²) in [5, 5.41) is 0.894. The topological polar surface area (TPSA) is 29.0 Å². The van der Waals surface area contributed by atoms with E-state index in [1.807, 2.05) is 13.8 Å². The molecule has 0 bridgehead atoms. The molecule has 84 valence electrons. The molecule has 3 nitrogen and oxygen atoms in total. The summed E-state index contributed by atoms with van der Waals surface area (Å²) in [6, 6.07) is 0. The molecule has 0 aliphatic carbocycles. The van der Waals surface area contributed by atoms with Crippen LogP contribution in [0.15, 0.2) is 6.20 Å². The van der Waals surface area contributed by atoms with Crippen molar-refractivity contribution >= 4 is 21.7 Å². The molecule has 0 atom stereocenters. The van der Waals surface area contributed by atoms with Crippen LogP contribution in [0, 0.1) is 13.8 Å². The van der Waals surface area contributed by atoms with Crippen molar-refractivity contribution in [2.24, 2.45) is 0 Å². The van der Waals surface area contributed by atoms with Crippen molar-refractivity contribution in [3.05, 3.63) is 17.6 Å². The Hall–Kier alpha value is -0.640. The minimum absolute atomic E-state index is 0.0350. The van der Waals surface area contributed by atoms with Gasteiger partial charge in [0.1, 0.15) is 0 Å². The fourth-order valence-corrected chi connectivity index (χ4v) is 1.59. The Morgan fingerprint density at radius 2 is 2.00 bits per heavy atom. The Morgan fingerprint density at radius 1 is 1.40 bits per heavy atom. The summed E-state index contributed by atoms with van der Waals surface area (Å²) in [6.07, 6.45) is 1.80. The van der Waals surface area contributed by atoms with Crippen LogP contribution in [0.4, 0.5) is 5.82 Å². The monoisotopic (exact) mass is 271 g/mol. The van der Waals surface area contributed by atoms with Gasteiger partial charge in [-0.1, -0.05) is 15.9 Å². The van der Waals surface area contributed by atoms with Gasteiger partial charge in [0, 0.05) is 24.1 Å². The molecule has 0 amide bonds. The summed E-state index contributed by atoms with van der Waals surface area (Å²) in [7, 11) is 2.05. The van der Waals surface area contributed by atoms with Crippen LogP contribution in [0.25, 0.3) is 0 Å². The van der Waals surface area contributed by atoms with Gasteiger partial charge in [0.15, 0.2) is 5.82 Å². The highest BCUT2D eigenvalue weighted by atomic mass is 79.9. The highest BCUT2D eigenvalue weighted by Crippen LogP contribution is 2.23. The molecule has 1 rings (SSSR count). The molecule has 1 aromatic heterocycles. The second kappa shape index (κ2) is 4.47. The largest absolute Gasteiger partial charge is 0.352 e. The molecular weight excluding hydrogens is 254 g/mol. The predicted octanol–water partition coefficient (Wildman–Crippen LogP) is 2.70. The summed E-state index contributed by atoms with van der Waals surface area (Å²) in [5.41, 5.74) is 1.96. The molecule has 0 aliphatic rings. The van der Waals surface area contributed by atoms with Crippen LogP contribution in [0.2, 0.25) is 0 Å². The maximum atomic E-state index is 4.53. The highest BCUT2D eigenvalue weighted by molar-refractivity contribution is 9.09. The number of alkyl halides is 1. The third-order valence-corrected chi connectivity index (χ3v) is 3.98. The van der Waals surface area contributed by atoms with Gasteiger partial charge >= 0.3 is 0 Å². The molecule has 4 heteroatoms. The van der Waals surface area contributed by atoms with Crippen LogP contribution in [0.5, 0.6) is 0 Å². The summed E-state index contributed by atoms with van der Waals surface area (Å²) in [4.78, 5) is 11.0. The number of halogens is 1. The molecule has 0 aromatic carbocycles. The Labute approximate surface area is 100 Å². The molecule has 0 saturated carbocycles. The maximum absolute atomic E-state index is 4.53. The minimum atomic E-state index is 0.0350. The number of aryl methyl sites for hydroxylation is 2. The molecule has 0 aliphatic heterocycles. The van der Waals surface area contributed by atoms with Gasteiger partial charge < -0.3 is 4.90 Å². The normalized spacial score (nSPS) is 11.6. The minimum Gasteiger partial charge on any atom is -0.352 e. The molecule has 0 saturated heterocycles. The highest BCUT2D eigenvalue weighted by Gasteiger charge is 2.24. The van der Waals surface area contributed by atoms with Gasteiger partial charge in [-0.05, 0) is 27.7 Å². The number of nitrogens with zero attached hydrogens (tertiary/aromatic N) is 3. The zero-order chi connectivity index (χ0) is 11.6. The number of anilines is 1. The summed E-state index contributed by atoms with van der Waals surface area (Å²) >= 11 is 3.52. The van der Waals surface area contributed by atoms with E-state index in [9.17, 15) is 0 Å². The van der Waals surface area contributed by atoms with Crippen LogP contribution >= 0.6 is 15.9 Å². The van der Waals surface area contributed by atoms with E-state index in [1.165, 1.54) is 0 Å². The third kappa shape index (κ3) is 2.68. The number of hydrogen-bond donors (Lipinski definition) is 0.